The number of rotatable bonds is 2. The van der Waals surface area contributed by atoms with Crippen LogP contribution in [0.25, 0.3) is 11.1 Å². The number of nitrogen functional groups attached to an aromatic ring is 2. The number of nitrogens with two attached hydrogens (primary N) is 2. The van der Waals surface area contributed by atoms with Crippen molar-refractivity contribution in [2.24, 2.45) is 0 Å². The van der Waals surface area contributed by atoms with Gasteiger partial charge in [-0.05, 0) is 35.4 Å². The van der Waals surface area contributed by atoms with Gasteiger partial charge in [-0.2, -0.15) is 13.2 Å². The van der Waals surface area contributed by atoms with Gasteiger partial charge in [-0.1, -0.05) is 18.2 Å². The first-order valence-corrected chi connectivity index (χ1v) is 5.75. The summed E-state index contributed by atoms with van der Waals surface area (Å²) in [5.74, 6) is 0. The highest BCUT2D eigenvalue weighted by Crippen LogP contribution is 2.41. The Morgan fingerprint density at radius 3 is 1.95 bits per heavy atom. The largest absolute Gasteiger partial charge is 0.423 e. The van der Waals surface area contributed by atoms with Gasteiger partial charge in [0, 0.05) is 16.9 Å². The smallest absolute Gasteiger partial charge is 0.399 e. The molecule has 0 saturated carbocycles. The minimum Gasteiger partial charge on any atom is -0.399 e. The molecule has 2 aromatic rings. The molecule has 0 fully saturated rings. The van der Waals surface area contributed by atoms with Crippen LogP contribution >= 0.6 is 0 Å². The van der Waals surface area contributed by atoms with Crippen LogP contribution in [0.15, 0.2) is 42.5 Å². The minimum absolute atomic E-state index is 0.0751. The van der Waals surface area contributed by atoms with Crippen LogP contribution in [0.4, 0.5) is 28.9 Å². The molecule has 0 saturated heterocycles. The second kappa shape index (κ2) is 5.03. The maximum Gasteiger partial charge on any atom is 0.423 e. The van der Waals surface area contributed by atoms with Gasteiger partial charge in [0.05, 0.1) is 0 Å². The summed E-state index contributed by atoms with van der Waals surface area (Å²) in [5.41, 5.74) is 11.6. The zero-order chi connectivity index (χ0) is 14.9. The molecule has 0 aromatic heterocycles. The van der Waals surface area contributed by atoms with Crippen LogP contribution in [0.5, 0.6) is 0 Å². The fourth-order valence-corrected chi connectivity index (χ4v) is 1.89. The van der Waals surface area contributed by atoms with Crippen LogP contribution in [-0.4, -0.2) is 6.18 Å². The van der Waals surface area contributed by atoms with Crippen LogP contribution in [0.2, 0.25) is 0 Å². The summed E-state index contributed by atoms with van der Waals surface area (Å²) in [5, 5.41) is 0. The average Bonchev–Trinajstić information content (AvgIpc) is 2.38. The highest BCUT2D eigenvalue weighted by atomic mass is 19.4. The van der Waals surface area contributed by atoms with Crippen LogP contribution < -0.4 is 11.5 Å². The highest BCUT2D eigenvalue weighted by Gasteiger charge is 2.42. The molecule has 0 bridgehead atoms. The molecule has 1 atom stereocenters. The molecule has 2 rings (SSSR count). The van der Waals surface area contributed by atoms with E-state index in [1.807, 2.05) is 0 Å². The lowest BCUT2D eigenvalue weighted by atomic mass is 9.95. The van der Waals surface area contributed by atoms with Crippen LogP contribution in [0.3, 0.4) is 0 Å². The Balaban J connectivity index is 2.56. The summed E-state index contributed by atoms with van der Waals surface area (Å²) in [4.78, 5) is 0. The van der Waals surface area contributed by atoms with Crippen molar-refractivity contribution in [1.82, 2.24) is 0 Å². The van der Waals surface area contributed by atoms with Gasteiger partial charge in [-0.3, -0.25) is 0 Å². The zero-order valence-electron chi connectivity index (χ0n) is 10.3. The van der Waals surface area contributed by atoms with Crippen molar-refractivity contribution in [3.63, 3.8) is 0 Å². The zero-order valence-corrected chi connectivity index (χ0v) is 10.3. The number of halogens is 4. The molecule has 6 heteroatoms. The maximum atomic E-state index is 13.6. The Bertz CT molecular complexity index is 606. The lowest BCUT2D eigenvalue weighted by molar-refractivity contribution is -0.182. The van der Waals surface area contributed by atoms with Gasteiger partial charge in [0.15, 0.2) is 0 Å². The second-order valence-electron chi connectivity index (χ2n) is 4.37. The molecule has 2 aromatic carbocycles. The van der Waals surface area contributed by atoms with Crippen molar-refractivity contribution in [1.29, 1.82) is 0 Å². The number of hydrogen-bond donors (Lipinski definition) is 2. The Morgan fingerprint density at radius 1 is 0.850 bits per heavy atom. The molecule has 0 spiro atoms. The Labute approximate surface area is 113 Å². The van der Waals surface area contributed by atoms with E-state index in [0.717, 1.165) is 6.07 Å². The van der Waals surface area contributed by atoms with E-state index in [1.54, 1.807) is 0 Å². The third kappa shape index (κ3) is 2.84. The first-order chi connectivity index (χ1) is 9.29. The molecule has 4 N–H and O–H groups in total. The number of benzene rings is 2. The molecule has 0 heterocycles. The van der Waals surface area contributed by atoms with E-state index in [2.05, 4.69) is 0 Å². The van der Waals surface area contributed by atoms with Gasteiger partial charge < -0.3 is 11.5 Å². The lowest BCUT2D eigenvalue weighted by Crippen LogP contribution is -2.17. The normalized spacial score (nSPS) is 13.2. The molecule has 0 amide bonds. The van der Waals surface area contributed by atoms with Crippen molar-refractivity contribution < 1.29 is 17.6 Å². The minimum atomic E-state index is -4.98. The highest BCUT2D eigenvalue weighted by molar-refractivity contribution is 5.71. The first kappa shape index (κ1) is 14.2. The molecule has 0 aliphatic carbocycles. The quantitative estimate of drug-likeness (QED) is 0.644. The van der Waals surface area contributed by atoms with Gasteiger partial charge in [0.25, 0.3) is 0 Å². The fourth-order valence-electron chi connectivity index (χ4n) is 1.89. The van der Waals surface area contributed by atoms with Crippen molar-refractivity contribution >= 4 is 11.4 Å². The SMILES string of the molecule is Nc1ccc(-c2ccc(N)cc2C(F)C(F)(F)F)cc1. The summed E-state index contributed by atoms with van der Waals surface area (Å²) < 4.78 is 51.4. The lowest BCUT2D eigenvalue weighted by Gasteiger charge is -2.17. The van der Waals surface area contributed by atoms with Gasteiger partial charge in [-0.25, -0.2) is 4.39 Å². The molecule has 0 radical (unpaired) electrons. The van der Waals surface area contributed by atoms with Crippen molar-refractivity contribution in [3.8, 4) is 11.1 Å². The van der Waals surface area contributed by atoms with E-state index in [-0.39, 0.29) is 11.3 Å². The third-order valence-corrected chi connectivity index (χ3v) is 2.86. The number of alkyl halides is 4. The molecular formula is C14H12F4N2. The summed E-state index contributed by atoms with van der Waals surface area (Å²) in [6.45, 7) is 0. The van der Waals surface area contributed by atoms with Gasteiger partial charge >= 0.3 is 6.18 Å². The summed E-state index contributed by atoms with van der Waals surface area (Å²) >= 11 is 0. The topological polar surface area (TPSA) is 52.0 Å². The molecule has 2 nitrogen and oxygen atoms in total. The molecule has 20 heavy (non-hydrogen) atoms. The summed E-state index contributed by atoms with van der Waals surface area (Å²) in [7, 11) is 0. The fraction of sp³-hybridized carbons (Fsp3) is 0.143. The van der Waals surface area contributed by atoms with Crippen molar-refractivity contribution in [2.45, 2.75) is 12.3 Å². The molecule has 0 aliphatic rings. The number of anilines is 2. The first-order valence-electron chi connectivity index (χ1n) is 5.75. The van der Waals surface area contributed by atoms with E-state index in [9.17, 15) is 17.6 Å². The van der Waals surface area contributed by atoms with Crippen molar-refractivity contribution in [2.75, 3.05) is 11.5 Å². The third-order valence-electron chi connectivity index (χ3n) is 2.86. The summed E-state index contributed by atoms with van der Waals surface area (Å²) in [6.07, 6.45) is -8.06. The van der Waals surface area contributed by atoms with E-state index < -0.39 is 17.9 Å². The van der Waals surface area contributed by atoms with E-state index in [4.69, 9.17) is 11.5 Å². The van der Waals surface area contributed by atoms with Gasteiger partial charge in [0.2, 0.25) is 6.17 Å². The molecule has 106 valence electrons. The standard InChI is InChI=1S/C14H12F4N2/c15-13(14(16,17)18)12-7-10(20)5-6-11(12)8-1-3-9(19)4-2-8/h1-7,13H,19-20H2. The molecule has 1 unspecified atom stereocenters. The van der Waals surface area contributed by atoms with Crippen molar-refractivity contribution in [3.05, 3.63) is 48.0 Å². The second-order valence-corrected chi connectivity index (χ2v) is 4.37. The molecule has 0 aliphatic heterocycles. The Kier molecular flexibility index (Phi) is 3.57. The van der Waals surface area contributed by atoms with Gasteiger partial charge in [0.1, 0.15) is 0 Å². The number of hydrogen-bond acceptors (Lipinski definition) is 2. The predicted octanol–water partition coefficient (Wildman–Crippen LogP) is 4.09. The predicted molar refractivity (Wildman–Crippen MR) is 70.6 cm³/mol. The van der Waals surface area contributed by atoms with E-state index >= 15 is 0 Å². The van der Waals surface area contributed by atoms with Gasteiger partial charge in [-0.15, -0.1) is 0 Å². The Morgan fingerprint density at radius 2 is 1.40 bits per heavy atom. The van der Waals surface area contributed by atoms with E-state index in [0.29, 0.717) is 11.3 Å². The van der Waals surface area contributed by atoms with Crippen LogP contribution in [0, 0.1) is 0 Å². The summed E-state index contributed by atoms with van der Waals surface area (Å²) in [6, 6.07) is 9.95. The van der Waals surface area contributed by atoms with E-state index in [1.165, 1.54) is 36.4 Å². The van der Waals surface area contributed by atoms with Crippen LogP contribution in [0.1, 0.15) is 11.7 Å². The average molecular weight is 284 g/mol. The van der Waals surface area contributed by atoms with Crippen LogP contribution in [-0.2, 0) is 0 Å². The molecular weight excluding hydrogens is 272 g/mol. The maximum absolute atomic E-state index is 13.6. The monoisotopic (exact) mass is 284 g/mol. The Hall–Kier alpha value is -2.24.